The summed E-state index contributed by atoms with van der Waals surface area (Å²) in [7, 11) is -0.489. The Morgan fingerprint density at radius 2 is 0.719 bits per heavy atom. The third-order valence-corrected chi connectivity index (χ3v) is 26.8. The van der Waals surface area contributed by atoms with E-state index in [1.807, 2.05) is 61.1 Å². The van der Waals surface area contributed by atoms with Crippen molar-refractivity contribution in [3.05, 3.63) is 460 Å². The zero-order chi connectivity index (χ0) is 94.2. The minimum absolute atomic E-state index is 0. The molecule has 0 atom stereocenters. The second kappa shape index (κ2) is 38.5. The van der Waals surface area contributed by atoms with Crippen LogP contribution in [-0.4, -0.2) is 52.8 Å². The largest absolute Gasteiger partial charge is 0.494 e. The van der Waals surface area contributed by atoms with Crippen molar-refractivity contribution in [2.45, 2.75) is 91.3 Å². The summed E-state index contributed by atoms with van der Waals surface area (Å²) in [6.45, 7) is 21.8. The van der Waals surface area contributed by atoms with Crippen LogP contribution in [-0.2, 0) is 40.2 Å². The second-order valence-electron chi connectivity index (χ2n) is 38.5. The summed E-state index contributed by atoms with van der Waals surface area (Å²) in [5.74, 6) is 1.63. The van der Waals surface area contributed by atoms with Crippen molar-refractivity contribution in [2.24, 2.45) is 0 Å². The van der Waals surface area contributed by atoms with E-state index in [0.717, 1.165) is 189 Å². The maximum Gasteiger partial charge on any atom is 0.494 e. The van der Waals surface area contributed by atoms with Crippen LogP contribution in [0.2, 0.25) is 0 Å². The number of pyridine rings is 3. The summed E-state index contributed by atoms with van der Waals surface area (Å²) < 4.78 is 15.5. The molecule has 139 heavy (non-hydrogen) atoms. The molecule has 11 heteroatoms. The molecule has 0 saturated carbocycles. The number of nitrogens with zero attached hydrogens (tertiary/aromatic N) is 7. The fourth-order valence-corrected chi connectivity index (χ4v) is 18.5. The fourth-order valence-electron chi connectivity index (χ4n) is 18.5. The van der Waals surface area contributed by atoms with Crippen molar-refractivity contribution >= 4 is 34.4 Å². The molecule has 1 saturated heterocycles. The maximum absolute atomic E-state index is 6.55. The molecule has 21 aromatic rings. The van der Waals surface area contributed by atoms with Gasteiger partial charge in [-0.2, -0.15) is 30.3 Å². The summed E-state index contributed by atoms with van der Waals surface area (Å²) >= 11 is 0. The van der Waals surface area contributed by atoms with Gasteiger partial charge in [0.2, 0.25) is 0 Å². The molecule has 1 fully saturated rings. The molecule has 0 amide bonds. The molecular weight excluding hydrogens is 1870 g/mol. The number of hydrogen-bond acceptors (Lipinski definition) is 8. The first-order chi connectivity index (χ1) is 67.1. The van der Waals surface area contributed by atoms with Gasteiger partial charge in [0.25, 0.3) is 0 Å². The Labute approximate surface area is 828 Å². The van der Waals surface area contributed by atoms with Crippen molar-refractivity contribution in [1.29, 1.82) is 0 Å². The zero-order valence-corrected chi connectivity index (χ0v) is 81.7. The average molecular weight is 1970 g/mol. The Kier molecular flexibility index (Phi) is 25.3. The molecule has 5 aromatic heterocycles. The van der Waals surface area contributed by atoms with Crippen LogP contribution in [0, 0.1) is 24.3 Å². The third kappa shape index (κ3) is 18.9. The van der Waals surface area contributed by atoms with Crippen molar-refractivity contribution in [2.75, 3.05) is 0 Å². The molecule has 0 spiro atoms. The summed E-state index contributed by atoms with van der Waals surface area (Å²) in [6.07, 6.45) is 5.70. The number of rotatable bonds is 18. The van der Waals surface area contributed by atoms with E-state index in [1.54, 1.807) is 0 Å². The Morgan fingerprint density at radius 3 is 1.26 bits per heavy atom. The van der Waals surface area contributed by atoms with E-state index >= 15 is 0 Å². The van der Waals surface area contributed by atoms with Gasteiger partial charge in [-0.3, -0.25) is 4.98 Å². The quantitative estimate of drug-likeness (QED) is 0.0619. The second-order valence-corrected chi connectivity index (χ2v) is 38.5. The number of benzene rings is 16. The van der Waals surface area contributed by atoms with Crippen LogP contribution in [0.3, 0.4) is 0 Å². The van der Waals surface area contributed by atoms with E-state index in [9.17, 15) is 0 Å². The molecular formula is C128H100BIrN7O2-4. The molecule has 16 aromatic carbocycles. The normalized spacial score (nSPS) is 12.8. The van der Waals surface area contributed by atoms with Crippen LogP contribution in [0.15, 0.2) is 425 Å². The monoisotopic (exact) mass is 1970 g/mol. The third-order valence-electron chi connectivity index (χ3n) is 26.8. The fraction of sp³-hybridized carbons (Fsp3) is 0.109. The van der Waals surface area contributed by atoms with Crippen molar-refractivity contribution < 1.29 is 29.4 Å². The van der Waals surface area contributed by atoms with Crippen molar-refractivity contribution in [3.8, 4) is 185 Å². The molecule has 22 rings (SSSR count). The van der Waals surface area contributed by atoms with Crippen LogP contribution in [0.25, 0.3) is 207 Å². The topological polar surface area (TPSA) is 101 Å². The van der Waals surface area contributed by atoms with E-state index < -0.39 is 18.3 Å². The van der Waals surface area contributed by atoms with Gasteiger partial charge in [-0.1, -0.05) is 371 Å². The molecule has 0 bridgehead atoms. The number of para-hydroxylation sites is 1. The average Bonchev–Trinajstić information content (AvgIpc) is 1.59. The Bertz CT molecular complexity index is 7960. The summed E-state index contributed by atoms with van der Waals surface area (Å²) in [5.41, 5.74) is 35.4. The predicted octanol–water partition coefficient (Wildman–Crippen LogP) is 31.6. The molecule has 0 unspecified atom stereocenters. The smallest absolute Gasteiger partial charge is 0.399 e. The molecule has 6 heterocycles. The number of hydrogen-bond donors (Lipinski definition) is 0. The van der Waals surface area contributed by atoms with Crippen LogP contribution in [0.5, 0.6) is 0 Å². The van der Waals surface area contributed by atoms with Crippen LogP contribution < -0.4 is 5.46 Å². The van der Waals surface area contributed by atoms with Gasteiger partial charge in [0.1, 0.15) is 0 Å². The van der Waals surface area contributed by atoms with Crippen LogP contribution in [0.1, 0.15) is 80.4 Å². The predicted molar refractivity (Wildman–Crippen MR) is 569 cm³/mol. The first kappa shape index (κ1) is 91.2. The first-order valence-corrected chi connectivity index (χ1v) is 47.2. The maximum atomic E-state index is 6.55. The minimum atomic E-state index is -0.489. The summed E-state index contributed by atoms with van der Waals surface area (Å²) in [6, 6.07) is 158. The molecule has 0 N–H and O–H groups in total. The van der Waals surface area contributed by atoms with E-state index in [2.05, 4.69) is 467 Å². The van der Waals surface area contributed by atoms with Gasteiger partial charge in [0, 0.05) is 77.5 Å². The summed E-state index contributed by atoms with van der Waals surface area (Å²) in [4.78, 5) is 30.5. The zero-order valence-electron chi connectivity index (χ0n) is 79.3. The molecule has 1 radical (unpaired) electrons. The van der Waals surface area contributed by atoms with E-state index in [4.69, 9.17) is 34.2 Å². The molecule has 0 aliphatic carbocycles. The summed E-state index contributed by atoms with van der Waals surface area (Å²) in [5, 5.41) is 2.30. The number of fused-ring (bicyclic) bond motifs is 3. The standard InChI is InChI=1S/C101H77BN6O2.C27H23N.Ir/c1-99(2,3)79-56-57-103-93(64-79)75-46-53-86(90(62-75)68-30-15-10-16-31-68)84-40-19-17-38-82(84)71-34-25-35-72(60-71)83-39-18-20-41-85(83)87-52-45-74(61-91(87)73-44-54-89-88-42-21-22-43-94(88)108(95(89)63-73)81-50-48-80(49-51-81)102-109-100(4,5)101(6,7)110-102)92-55-47-78(65-104-92)98-106-96(76-36-23-32-69(58-76)66-26-11-8-12-27-66)105-97(107-98)77-37-24-33-70(59-77)67-28-13-9-14-29-67;1-27(2,3)23-16-17-28-26(19-23)22-14-15-24(20-10-6-4-7-11-20)25(18-22)21-12-8-5-9-13-21;/h8-44,47-65H,1-7H3;4-10,12-14,16-19H,1-3H3;/q2*-2;. The minimum Gasteiger partial charge on any atom is -0.399 e. The Morgan fingerprint density at radius 1 is 0.281 bits per heavy atom. The van der Waals surface area contributed by atoms with Gasteiger partial charge < -0.3 is 23.8 Å². The molecule has 1 aliphatic heterocycles. The Balaban J connectivity index is 0.000000351. The molecule has 675 valence electrons. The van der Waals surface area contributed by atoms with Crippen LogP contribution in [0.4, 0.5) is 0 Å². The van der Waals surface area contributed by atoms with Gasteiger partial charge in [-0.25, -0.2) is 26.1 Å². The Hall–Kier alpha value is -15.6. The SMILES string of the molecule is CC(C)(C)c1ccnc(-c2[c-]cc(-c3ccccc3-c3cccc(-c4ccccc4-c4c[c-]c(-c5ccc(-c6nc(-c7cccc(-c8ccccc8)c7)nc(-c7cccc(-c8ccccc8)c7)n6)cn5)cc4-c4ccc5c6ccccc6n(-c6ccc(B7OC(C)(C)C(C)(C)O7)cc6)c5c4)c3)c(-c3ccccc3)c2)c1.CC(C)(C)c1ccnc(-c2c[c-]c(-c3[c-]cccc3)c(-c3ccccc3)c2)c1.[Ir]. The molecule has 1 aliphatic rings. The van der Waals surface area contributed by atoms with E-state index in [-0.39, 0.29) is 30.9 Å². The van der Waals surface area contributed by atoms with Gasteiger partial charge >= 0.3 is 7.12 Å². The van der Waals surface area contributed by atoms with Gasteiger partial charge in [-0.05, 0) is 183 Å². The van der Waals surface area contributed by atoms with Crippen LogP contribution >= 0.6 is 0 Å². The van der Waals surface area contributed by atoms with E-state index in [0.29, 0.717) is 17.5 Å². The molecule has 9 nitrogen and oxygen atoms in total. The van der Waals surface area contributed by atoms with Gasteiger partial charge in [0.05, 0.1) is 22.2 Å². The number of aromatic nitrogens is 7. The van der Waals surface area contributed by atoms with E-state index in [1.165, 1.54) is 16.7 Å². The van der Waals surface area contributed by atoms with Gasteiger partial charge in [-0.15, -0.1) is 71.3 Å². The first-order valence-electron chi connectivity index (χ1n) is 47.2. The van der Waals surface area contributed by atoms with Crippen molar-refractivity contribution in [3.63, 3.8) is 0 Å². The van der Waals surface area contributed by atoms with Gasteiger partial charge in [0.15, 0.2) is 17.5 Å². The van der Waals surface area contributed by atoms with Crippen molar-refractivity contribution in [1.82, 2.24) is 34.5 Å².